The van der Waals surface area contributed by atoms with Crippen molar-refractivity contribution in [3.63, 3.8) is 0 Å². The summed E-state index contributed by atoms with van der Waals surface area (Å²) in [6.07, 6.45) is 6.73. The summed E-state index contributed by atoms with van der Waals surface area (Å²) < 4.78 is 31.1. The van der Waals surface area contributed by atoms with E-state index >= 15 is 0 Å². The van der Waals surface area contributed by atoms with E-state index in [1.54, 1.807) is 6.20 Å². The predicted octanol–water partition coefficient (Wildman–Crippen LogP) is 4.82. The van der Waals surface area contributed by atoms with Crippen LogP contribution in [0.25, 0.3) is 11.2 Å². The maximum Gasteiger partial charge on any atom is 0.224 e. The third-order valence-electron chi connectivity index (χ3n) is 7.67. The van der Waals surface area contributed by atoms with Gasteiger partial charge in [-0.15, -0.1) is 0 Å². The van der Waals surface area contributed by atoms with Crippen molar-refractivity contribution in [2.75, 3.05) is 10.6 Å². The Morgan fingerprint density at radius 1 is 1.19 bits per heavy atom. The zero-order chi connectivity index (χ0) is 26.3. The van der Waals surface area contributed by atoms with Crippen LogP contribution in [-0.2, 0) is 4.79 Å². The summed E-state index contributed by atoms with van der Waals surface area (Å²) in [4.78, 5) is 25.7. The monoisotopic (exact) mass is 533 g/mol. The maximum absolute atomic E-state index is 14.6. The fraction of sp³-hybridized carbons (Fsp3) is 0.520. The van der Waals surface area contributed by atoms with Gasteiger partial charge in [0.25, 0.3) is 0 Å². The number of hydrogen-bond acceptors (Lipinski definition) is 7. The van der Waals surface area contributed by atoms with Gasteiger partial charge in [0.15, 0.2) is 17.3 Å². The van der Waals surface area contributed by atoms with Crippen molar-refractivity contribution in [2.24, 2.45) is 11.1 Å². The van der Waals surface area contributed by atoms with Crippen molar-refractivity contribution in [2.45, 2.75) is 76.5 Å². The lowest BCUT2D eigenvalue weighted by atomic mass is 9.73. The summed E-state index contributed by atoms with van der Waals surface area (Å²) in [5.74, 6) is -1.44. The highest BCUT2D eigenvalue weighted by atomic mass is 35.5. The Bertz CT molecular complexity index is 1300. The predicted molar refractivity (Wildman–Crippen MR) is 137 cm³/mol. The van der Waals surface area contributed by atoms with E-state index in [1.165, 1.54) is 0 Å². The molecule has 0 spiro atoms. The van der Waals surface area contributed by atoms with Crippen molar-refractivity contribution in [1.82, 2.24) is 19.5 Å². The molecule has 1 aromatic carbocycles. The lowest BCUT2D eigenvalue weighted by Gasteiger charge is -2.35. The Morgan fingerprint density at radius 2 is 1.89 bits per heavy atom. The Balaban J connectivity index is 1.52. The van der Waals surface area contributed by atoms with Crippen LogP contribution in [-0.4, -0.2) is 42.7 Å². The highest BCUT2D eigenvalue weighted by molar-refractivity contribution is 6.30. The number of benzene rings is 1. The second-order valence-corrected chi connectivity index (χ2v) is 10.8. The SMILES string of the molecule is CC1(C(N)=O)CCC(n2c(Nc3c(F)cc(Cl)cc3F)nc3cnc(NC4CCC[C@@H](O)C4)nc32)CC1. The van der Waals surface area contributed by atoms with Crippen LogP contribution in [0.3, 0.4) is 0 Å². The number of nitrogens with two attached hydrogens (primary N) is 1. The first-order chi connectivity index (χ1) is 17.6. The Hall–Kier alpha value is -3.05. The van der Waals surface area contributed by atoms with Crippen LogP contribution in [0.2, 0.25) is 5.02 Å². The van der Waals surface area contributed by atoms with Crippen LogP contribution in [0.15, 0.2) is 18.3 Å². The first-order valence-corrected chi connectivity index (χ1v) is 12.9. The van der Waals surface area contributed by atoms with Crippen LogP contribution in [0.1, 0.15) is 64.3 Å². The summed E-state index contributed by atoms with van der Waals surface area (Å²) in [7, 11) is 0. The van der Waals surface area contributed by atoms with Gasteiger partial charge in [0.1, 0.15) is 11.2 Å². The minimum atomic E-state index is -0.849. The molecule has 2 atom stereocenters. The third kappa shape index (κ3) is 5.19. The van der Waals surface area contributed by atoms with E-state index in [-0.39, 0.29) is 40.8 Å². The van der Waals surface area contributed by atoms with Crippen LogP contribution < -0.4 is 16.4 Å². The van der Waals surface area contributed by atoms with E-state index in [9.17, 15) is 18.7 Å². The van der Waals surface area contributed by atoms with Crippen LogP contribution in [0.4, 0.5) is 26.4 Å². The second kappa shape index (κ2) is 10.0. The number of fused-ring (bicyclic) bond motifs is 1. The van der Waals surface area contributed by atoms with Crippen molar-refractivity contribution in [3.8, 4) is 0 Å². The summed E-state index contributed by atoms with van der Waals surface area (Å²) in [6, 6.07) is 1.95. The molecular weight excluding hydrogens is 504 g/mol. The average molecular weight is 534 g/mol. The van der Waals surface area contributed by atoms with Crippen molar-refractivity contribution in [3.05, 3.63) is 35.0 Å². The average Bonchev–Trinajstić information content (AvgIpc) is 3.19. The lowest BCUT2D eigenvalue weighted by Crippen LogP contribution is -2.38. The number of anilines is 3. The molecule has 2 aromatic heterocycles. The molecule has 5 rings (SSSR count). The number of carbonyl (C=O) groups is 1. The molecule has 12 heteroatoms. The number of aromatic nitrogens is 4. The number of halogens is 3. The molecule has 2 heterocycles. The number of rotatable bonds is 6. The van der Waals surface area contributed by atoms with E-state index in [1.807, 2.05) is 11.5 Å². The lowest BCUT2D eigenvalue weighted by molar-refractivity contribution is -0.128. The molecule has 1 unspecified atom stereocenters. The van der Waals surface area contributed by atoms with Gasteiger partial charge in [-0.25, -0.2) is 18.7 Å². The van der Waals surface area contributed by atoms with Gasteiger partial charge < -0.3 is 21.5 Å². The Morgan fingerprint density at radius 3 is 2.54 bits per heavy atom. The van der Waals surface area contributed by atoms with Crippen LogP contribution in [0.5, 0.6) is 0 Å². The number of amides is 1. The smallest absolute Gasteiger partial charge is 0.224 e. The number of carbonyl (C=O) groups excluding carboxylic acids is 1. The first kappa shape index (κ1) is 25.6. The molecule has 0 saturated heterocycles. The summed E-state index contributed by atoms with van der Waals surface area (Å²) in [5.41, 5.74) is 5.61. The summed E-state index contributed by atoms with van der Waals surface area (Å²) in [6.45, 7) is 1.86. The van der Waals surface area contributed by atoms with Gasteiger partial charge in [-0.1, -0.05) is 18.5 Å². The topological polar surface area (TPSA) is 131 Å². The second-order valence-electron chi connectivity index (χ2n) is 10.4. The minimum Gasteiger partial charge on any atom is -0.393 e. The van der Waals surface area contributed by atoms with Crippen molar-refractivity contribution in [1.29, 1.82) is 0 Å². The van der Waals surface area contributed by atoms with E-state index < -0.39 is 17.0 Å². The molecular formula is C25H30ClF2N7O2. The van der Waals surface area contributed by atoms with E-state index in [4.69, 9.17) is 22.3 Å². The number of nitrogens with zero attached hydrogens (tertiary/aromatic N) is 4. The molecule has 0 bridgehead atoms. The van der Waals surface area contributed by atoms with Crippen LogP contribution >= 0.6 is 11.6 Å². The van der Waals surface area contributed by atoms with Crippen molar-refractivity contribution >= 4 is 46.3 Å². The van der Waals surface area contributed by atoms with Gasteiger partial charge in [-0.05, 0) is 63.5 Å². The number of aliphatic hydroxyl groups excluding tert-OH is 1. The molecule has 198 valence electrons. The molecule has 5 N–H and O–H groups in total. The highest BCUT2D eigenvalue weighted by Crippen LogP contribution is 2.43. The molecule has 2 aliphatic rings. The fourth-order valence-electron chi connectivity index (χ4n) is 5.39. The quantitative estimate of drug-likeness (QED) is 0.357. The molecule has 0 aliphatic heterocycles. The Labute approximate surface area is 217 Å². The van der Waals surface area contributed by atoms with Gasteiger partial charge in [0.05, 0.1) is 12.3 Å². The number of nitrogens with one attached hydrogen (secondary N) is 2. The third-order valence-corrected chi connectivity index (χ3v) is 7.89. The number of imidazole rings is 1. The number of hydrogen-bond donors (Lipinski definition) is 4. The highest BCUT2D eigenvalue weighted by Gasteiger charge is 2.38. The zero-order valence-electron chi connectivity index (χ0n) is 20.5. The van der Waals surface area contributed by atoms with Gasteiger partial charge in [0.2, 0.25) is 17.8 Å². The summed E-state index contributed by atoms with van der Waals surface area (Å²) >= 11 is 5.79. The molecule has 2 fully saturated rings. The largest absolute Gasteiger partial charge is 0.393 e. The van der Waals surface area contributed by atoms with Crippen LogP contribution in [0, 0.1) is 17.0 Å². The zero-order valence-corrected chi connectivity index (χ0v) is 21.2. The van der Waals surface area contributed by atoms with Crippen molar-refractivity contribution < 1.29 is 18.7 Å². The maximum atomic E-state index is 14.6. The van der Waals surface area contributed by atoms with Gasteiger partial charge in [-0.2, -0.15) is 4.98 Å². The standard InChI is InChI=1S/C25H30ClF2N7O2/c1-25(22(29)37)7-5-15(6-8-25)35-21-19(12-30-23(34-21)31-14-3-2-4-16(36)11-14)32-24(35)33-20-17(27)9-13(26)10-18(20)28/h9-10,12,14-16,36H,2-8,11H2,1H3,(H2,29,37)(H,32,33)(H,30,31,34)/t14?,15?,16-,25?/m1/s1. The molecule has 2 saturated carbocycles. The number of primary amides is 1. The van der Waals surface area contributed by atoms with Gasteiger partial charge in [0, 0.05) is 22.5 Å². The molecule has 37 heavy (non-hydrogen) atoms. The van der Waals surface area contributed by atoms with Gasteiger partial charge in [-0.3, -0.25) is 9.36 Å². The summed E-state index contributed by atoms with van der Waals surface area (Å²) in [5, 5.41) is 16.1. The normalized spacial score (nSPS) is 26.2. The fourth-order valence-corrected chi connectivity index (χ4v) is 5.58. The first-order valence-electron chi connectivity index (χ1n) is 12.5. The molecule has 2 aliphatic carbocycles. The van der Waals surface area contributed by atoms with E-state index in [0.717, 1.165) is 31.4 Å². The molecule has 3 aromatic rings. The molecule has 1 amide bonds. The van der Waals surface area contributed by atoms with Gasteiger partial charge >= 0.3 is 0 Å². The minimum absolute atomic E-state index is 0.0402. The van der Waals surface area contributed by atoms with E-state index in [0.29, 0.717) is 49.2 Å². The Kier molecular flexibility index (Phi) is 6.93. The molecule has 0 radical (unpaired) electrons. The molecule has 9 nitrogen and oxygen atoms in total. The van der Waals surface area contributed by atoms with E-state index in [2.05, 4.69) is 20.6 Å². The number of aliphatic hydroxyl groups is 1.